The molecule has 0 saturated carbocycles. The molecule has 0 fully saturated rings. The lowest BCUT2D eigenvalue weighted by Gasteiger charge is -2.20. The topological polar surface area (TPSA) is 12.0 Å². The fourth-order valence-electron chi connectivity index (χ4n) is 1.63. The van der Waals surface area contributed by atoms with Crippen molar-refractivity contribution in [3.63, 3.8) is 0 Å². The van der Waals surface area contributed by atoms with Gasteiger partial charge in [0.1, 0.15) is 0 Å². The average Bonchev–Trinajstić information content (AvgIpc) is 2.04. The molecular formula is C12H21N. The molecule has 0 heterocycles. The van der Waals surface area contributed by atoms with Gasteiger partial charge in [0.2, 0.25) is 0 Å². The molecule has 13 heavy (non-hydrogen) atoms. The van der Waals surface area contributed by atoms with E-state index in [4.69, 9.17) is 0 Å². The SMILES string of the molecule is CC(C)NC1=CC=C(C(C)C)CC1. The van der Waals surface area contributed by atoms with Gasteiger partial charge in [-0.1, -0.05) is 25.5 Å². The minimum Gasteiger partial charge on any atom is -0.386 e. The van der Waals surface area contributed by atoms with Crippen molar-refractivity contribution in [1.82, 2.24) is 5.32 Å². The minimum absolute atomic E-state index is 0.556. The molecule has 0 saturated heterocycles. The predicted molar refractivity (Wildman–Crippen MR) is 58.5 cm³/mol. The minimum atomic E-state index is 0.556. The molecule has 0 aliphatic heterocycles. The van der Waals surface area contributed by atoms with Crippen LogP contribution in [0, 0.1) is 5.92 Å². The van der Waals surface area contributed by atoms with Crippen LogP contribution in [0.4, 0.5) is 0 Å². The van der Waals surface area contributed by atoms with E-state index in [2.05, 4.69) is 45.2 Å². The zero-order valence-electron chi connectivity index (χ0n) is 9.22. The Morgan fingerprint density at radius 3 is 2.15 bits per heavy atom. The molecule has 74 valence electrons. The Labute approximate surface area is 81.9 Å². The van der Waals surface area contributed by atoms with Gasteiger partial charge >= 0.3 is 0 Å². The largest absolute Gasteiger partial charge is 0.386 e. The van der Waals surface area contributed by atoms with Gasteiger partial charge in [0.05, 0.1) is 0 Å². The van der Waals surface area contributed by atoms with E-state index in [1.54, 1.807) is 5.57 Å². The van der Waals surface area contributed by atoms with Crippen molar-refractivity contribution in [3.8, 4) is 0 Å². The van der Waals surface area contributed by atoms with Crippen molar-refractivity contribution in [3.05, 3.63) is 23.4 Å². The van der Waals surface area contributed by atoms with Gasteiger partial charge in [0.25, 0.3) is 0 Å². The Hall–Kier alpha value is -0.720. The predicted octanol–water partition coefficient (Wildman–Crippen LogP) is 3.24. The van der Waals surface area contributed by atoms with Crippen LogP contribution in [-0.4, -0.2) is 6.04 Å². The van der Waals surface area contributed by atoms with E-state index in [9.17, 15) is 0 Å². The third-order valence-corrected chi connectivity index (χ3v) is 2.40. The number of nitrogens with one attached hydrogen (secondary N) is 1. The maximum Gasteiger partial charge on any atom is 0.0201 e. The summed E-state index contributed by atoms with van der Waals surface area (Å²) in [7, 11) is 0. The molecule has 0 spiro atoms. The van der Waals surface area contributed by atoms with E-state index in [-0.39, 0.29) is 0 Å². The van der Waals surface area contributed by atoms with E-state index < -0.39 is 0 Å². The normalized spacial score (nSPS) is 17.4. The molecule has 0 bridgehead atoms. The molecule has 1 aliphatic carbocycles. The fourth-order valence-corrected chi connectivity index (χ4v) is 1.63. The molecule has 0 aromatic rings. The van der Waals surface area contributed by atoms with Crippen molar-refractivity contribution in [2.24, 2.45) is 5.92 Å². The van der Waals surface area contributed by atoms with Gasteiger partial charge in [-0.25, -0.2) is 0 Å². The molecule has 1 nitrogen and oxygen atoms in total. The molecule has 0 amide bonds. The summed E-state index contributed by atoms with van der Waals surface area (Å²) < 4.78 is 0. The van der Waals surface area contributed by atoms with Crippen LogP contribution in [0.25, 0.3) is 0 Å². The first-order valence-corrected chi connectivity index (χ1v) is 5.25. The van der Waals surface area contributed by atoms with Crippen LogP contribution in [-0.2, 0) is 0 Å². The molecule has 0 aromatic heterocycles. The maximum atomic E-state index is 3.46. The lowest BCUT2D eigenvalue weighted by atomic mass is 9.93. The average molecular weight is 179 g/mol. The van der Waals surface area contributed by atoms with E-state index >= 15 is 0 Å². The van der Waals surface area contributed by atoms with Crippen LogP contribution in [0.5, 0.6) is 0 Å². The third-order valence-electron chi connectivity index (χ3n) is 2.40. The van der Waals surface area contributed by atoms with Crippen LogP contribution >= 0.6 is 0 Å². The van der Waals surface area contributed by atoms with Crippen molar-refractivity contribution in [2.75, 3.05) is 0 Å². The number of allylic oxidation sites excluding steroid dienone is 4. The first-order chi connectivity index (χ1) is 6.09. The Bertz CT molecular complexity index is 221. The second-order valence-electron chi connectivity index (χ2n) is 4.39. The van der Waals surface area contributed by atoms with Crippen LogP contribution < -0.4 is 5.32 Å². The molecule has 0 unspecified atom stereocenters. The summed E-state index contributed by atoms with van der Waals surface area (Å²) in [6, 6.07) is 0.556. The van der Waals surface area contributed by atoms with Gasteiger partial charge in [0.15, 0.2) is 0 Å². The lowest BCUT2D eigenvalue weighted by Crippen LogP contribution is -2.23. The highest BCUT2D eigenvalue weighted by atomic mass is 14.9. The standard InChI is InChI=1S/C12H21N/c1-9(2)11-5-7-12(8-6-11)13-10(3)4/h5,7,9-10,13H,6,8H2,1-4H3. The van der Waals surface area contributed by atoms with Gasteiger partial charge in [-0.15, -0.1) is 0 Å². The smallest absolute Gasteiger partial charge is 0.0201 e. The maximum absolute atomic E-state index is 3.46. The quantitative estimate of drug-likeness (QED) is 0.701. The molecule has 1 N–H and O–H groups in total. The Morgan fingerprint density at radius 1 is 1.08 bits per heavy atom. The summed E-state index contributed by atoms with van der Waals surface area (Å²) in [6.07, 6.45) is 6.92. The number of hydrogen-bond donors (Lipinski definition) is 1. The highest BCUT2D eigenvalue weighted by Crippen LogP contribution is 2.22. The number of rotatable bonds is 3. The van der Waals surface area contributed by atoms with Gasteiger partial charge < -0.3 is 5.32 Å². The zero-order chi connectivity index (χ0) is 9.84. The summed E-state index contributed by atoms with van der Waals surface area (Å²) >= 11 is 0. The van der Waals surface area contributed by atoms with E-state index in [0.717, 1.165) is 0 Å². The van der Waals surface area contributed by atoms with E-state index in [0.29, 0.717) is 12.0 Å². The van der Waals surface area contributed by atoms with E-state index in [1.165, 1.54) is 18.5 Å². The lowest BCUT2D eigenvalue weighted by molar-refractivity contribution is 0.617. The summed E-state index contributed by atoms with van der Waals surface area (Å²) in [6.45, 7) is 8.89. The summed E-state index contributed by atoms with van der Waals surface area (Å²) in [4.78, 5) is 0. The van der Waals surface area contributed by atoms with Crippen LogP contribution in [0.3, 0.4) is 0 Å². The van der Waals surface area contributed by atoms with Crippen molar-refractivity contribution in [1.29, 1.82) is 0 Å². The fraction of sp³-hybridized carbons (Fsp3) is 0.667. The Morgan fingerprint density at radius 2 is 1.77 bits per heavy atom. The highest BCUT2D eigenvalue weighted by Gasteiger charge is 2.09. The van der Waals surface area contributed by atoms with E-state index in [1.807, 2.05) is 0 Å². The molecule has 0 radical (unpaired) electrons. The second kappa shape index (κ2) is 4.50. The van der Waals surface area contributed by atoms with Crippen molar-refractivity contribution in [2.45, 2.75) is 46.6 Å². The summed E-state index contributed by atoms with van der Waals surface area (Å²) in [5.41, 5.74) is 2.97. The van der Waals surface area contributed by atoms with Gasteiger partial charge in [-0.05, 0) is 38.7 Å². The van der Waals surface area contributed by atoms with Crippen LogP contribution in [0.2, 0.25) is 0 Å². The molecule has 1 heteroatoms. The third kappa shape index (κ3) is 3.25. The highest BCUT2D eigenvalue weighted by molar-refractivity contribution is 5.24. The molecular weight excluding hydrogens is 158 g/mol. The van der Waals surface area contributed by atoms with Crippen LogP contribution in [0.1, 0.15) is 40.5 Å². The van der Waals surface area contributed by atoms with Gasteiger partial charge in [-0.2, -0.15) is 0 Å². The van der Waals surface area contributed by atoms with Gasteiger partial charge in [-0.3, -0.25) is 0 Å². The van der Waals surface area contributed by atoms with Crippen LogP contribution in [0.15, 0.2) is 23.4 Å². The second-order valence-corrected chi connectivity index (χ2v) is 4.39. The Balaban J connectivity index is 2.54. The zero-order valence-corrected chi connectivity index (χ0v) is 9.22. The Kier molecular flexibility index (Phi) is 3.58. The van der Waals surface area contributed by atoms with Crippen molar-refractivity contribution < 1.29 is 0 Å². The van der Waals surface area contributed by atoms with Crippen molar-refractivity contribution >= 4 is 0 Å². The number of hydrogen-bond acceptors (Lipinski definition) is 1. The first-order valence-electron chi connectivity index (χ1n) is 5.25. The molecule has 1 rings (SSSR count). The first kappa shape index (κ1) is 10.4. The molecule has 0 atom stereocenters. The monoisotopic (exact) mass is 179 g/mol. The van der Waals surface area contributed by atoms with Gasteiger partial charge in [0, 0.05) is 11.7 Å². The summed E-state index contributed by atoms with van der Waals surface area (Å²) in [5, 5.41) is 3.46. The molecule has 1 aliphatic rings. The molecule has 0 aromatic carbocycles. The summed E-state index contributed by atoms with van der Waals surface area (Å²) in [5.74, 6) is 0.705.